The van der Waals surface area contributed by atoms with Gasteiger partial charge in [-0.3, -0.25) is 19.7 Å². The van der Waals surface area contributed by atoms with Crippen molar-refractivity contribution >= 4 is 68.2 Å². The number of hydrogen-bond donors (Lipinski definition) is 2. The topological polar surface area (TPSA) is 173 Å². The molecule has 1 aliphatic carbocycles. The minimum atomic E-state index is -4.58. The molecular weight excluding hydrogens is 623 g/mol. The lowest BCUT2D eigenvalue weighted by atomic mass is 10.1. The Bertz CT molecular complexity index is 1760. The molecule has 0 radical (unpaired) electrons. The molecule has 1 atom stereocenters. The number of nitro groups is 1. The number of halogens is 2. The Kier molecular flexibility index (Phi) is 8.53. The van der Waals surface area contributed by atoms with Gasteiger partial charge in [-0.15, -0.1) is 5.10 Å². The number of benzene rings is 2. The highest BCUT2D eigenvalue weighted by Crippen LogP contribution is 2.33. The van der Waals surface area contributed by atoms with Crippen molar-refractivity contribution in [2.45, 2.75) is 37.1 Å². The molecule has 2 aromatic carbocycles. The molecule has 2 amide bonds. The highest BCUT2D eigenvalue weighted by molar-refractivity contribution is 7.87. The molecule has 13 nitrogen and oxygen atoms in total. The highest BCUT2D eigenvalue weighted by atomic mass is 35.5. The molecule has 0 bridgehead atoms. The number of nitrogens with one attached hydrogen (secondary N) is 2. The summed E-state index contributed by atoms with van der Waals surface area (Å²) in [4.78, 5) is 40.9. The van der Waals surface area contributed by atoms with Crippen molar-refractivity contribution in [2.75, 3.05) is 16.9 Å². The van der Waals surface area contributed by atoms with Gasteiger partial charge < -0.3 is 14.8 Å². The van der Waals surface area contributed by atoms with Gasteiger partial charge in [-0.05, 0) is 61.6 Å². The van der Waals surface area contributed by atoms with Gasteiger partial charge in [-0.25, -0.2) is 9.99 Å². The number of amides is 2. The van der Waals surface area contributed by atoms with E-state index >= 15 is 0 Å². The van der Waals surface area contributed by atoms with Crippen molar-refractivity contribution in [3.05, 3.63) is 86.0 Å². The van der Waals surface area contributed by atoms with Crippen LogP contribution in [0.15, 0.2) is 64.7 Å². The van der Waals surface area contributed by atoms with Gasteiger partial charge in [0.25, 0.3) is 11.6 Å². The monoisotopic (exact) mass is 646 g/mol. The average molecular weight is 647 g/mol. The molecule has 5 rings (SSSR count). The van der Waals surface area contributed by atoms with Gasteiger partial charge in [0.05, 0.1) is 27.6 Å². The largest absolute Gasteiger partial charge is 0.361 e. The number of non-ortho nitro benzene ring substituents is 1. The first kappa shape index (κ1) is 30.2. The van der Waals surface area contributed by atoms with Crippen molar-refractivity contribution in [3.8, 4) is 0 Å². The summed E-state index contributed by atoms with van der Waals surface area (Å²) in [7, 11) is -4.58. The zero-order valence-corrected chi connectivity index (χ0v) is 24.8. The molecule has 3 aromatic rings. The number of hydrazone groups is 1. The molecular formula is C27H24Cl2N6O7S. The Morgan fingerprint density at radius 2 is 1.93 bits per heavy atom. The van der Waals surface area contributed by atoms with E-state index in [1.807, 2.05) is 0 Å². The summed E-state index contributed by atoms with van der Waals surface area (Å²) < 4.78 is 31.2. The summed E-state index contributed by atoms with van der Waals surface area (Å²) in [6, 6.07) is 9.23. The number of rotatable bonds is 9. The van der Waals surface area contributed by atoms with Crippen LogP contribution in [0.2, 0.25) is 10.0 Å². The third kappa shape index (κ3) is 6.87. The summed E-state index contributed by atoms with van der Waals surface area (Å²) in [5.74, 6) is -0.994. The molecule has 0 spiro atoms. The van der Waals surface area contributed by atoms with E-state index in [9.17, 15) is 28.1 Å². The van der Waals surface area contributed by atoms with Gasteiger partial charge in [-0.1, -0.05) is 29.3 Å². The standard InChI is InChI=1S/C27H24Cl2N6O7S/c1-15-10-17(28)11-20(26(36)31-14-16-7-8-16)24(15)32-27(37)22-13-23(33-34(22)25-21(29)6-3-9-30-25)42-43(40,41)19-5-2-4-18(12-19)35(38)39/h2-6,9-12,16,22H,7-8,13-14H2,1H3,(H,31,36)(H,32,37). The molecule has 1 saturated carbocycles. The molecule has 2 aliphatic rings. The van der Waals surface area contributed by atoms with Crippen LogP contribution in [0, 0.1) is 23.0 Å². The first-order valence-corrected chi connectivity index (χ1v) is 15.1. The predicted octanol–water partition coefficient (Wildman–Crippen LogP) is 4.68. The molecule has 1 aromatic heterocycles. The van der Waals surface area contributed by atoms with Crippen molar-refractivity contribution in [3.63, 3.8) is 0 Å². The Morgan fingerprint density at radius 1 is 1.16 bits per heavy atom. The normalized spacial score (nSPS) is 16.4. The third-order valence-corrected chi connectivity index (χ3v) is 8.46. The maximum Gasteiger partial charge on any atom is 0.340 e. The highest BCUT2D eigenvalue weighted by Gasteiger charge is 2.39. The van der Waals surface area contributed by atoms with Gasteiger partial charge in [0, 0.05) is 29.9 Å². The fourth-order valence-electron chi connectivity index (χ4n) is 4.35. The SMILES string of the molecule is Cc1cc(Cl)cc(C(=O)NCC2CC2)c1NC(=O)C1CC(OS(=O)(=O)c2cccc([N+](=O)[O-])c2)=NN1c1ncccc1Cl. The Balaban J connectivity index is 1.44. The number of hydrogen-bond acceptors (Lipinski definition) is 10. The first-order valence-electron chi connectivity index (χ1n) is 13.0. The van der Waals surface area contributed by atoms with Crippen LogP contribution in [0.25, 0.3) is 0 Å². The van der Waals surface area contributed by atoms with Crippen LogP contribution in [-0.2, 0) is 19.1 Å². The summed E-state index contributed by atoms with van der Waals surface area (Å²) in [5.41, 5.74) is 0.439. The lowest BCUT2D eigenvalue weighted by molar-refractivity contribution is -0.385. The van der Waals surface area contributed by atoms with Crippen molar-refractivity contribution in [1.82, 2.24) is 10.3 Å². The zero-order chi connectivity index (χ0) is 30.9. The number of nitro benzene ring substituents is 1. The Morgan fingerprint density at radius 3 is 2.63 bits per heavy atom. The summed E-state index contributed by atoms with van der Waals surface area (Å²) in [6.07, 6.45) is 3.14. The maximum atomic E-state index is 13.8. The maximum absolute atomic E-state index is 13.8. The number of pyridine rings is 1. The predicted molar refractivity (Wildman–Crippen MR) is 159 cm³/mol. The van der Waals surface area contributed by atoms with Crippen LogP contribution < -0.4 is 15.6 Å². The summed E-state index contributed by atoms with van der Waals surface area (Å²) in [6.45, 7) is 2.18. The number of carbonyl (C=O) groups excluding carboxylic acids is 2. The Labute approximate surface area is 256 Å². The second-order valence-electron chi connectivity index (χ2n) is 9.95. The molecule has 224 valence electrons. The van der Waals surface area contributed by atoms with E-state index in [0.29, 0.717) is 23.0 Å². The number of aryl methyl sites for hydroxylation is 1. The van der Waals surface area contributed by atoms with E-state index in [4.69, 9.17) is 27.4 Å². The quantitative estimate of drug-likeness (QED) is 0.190. The van der Waals surface area contributed by atoms with Crippen LogP contribution in [0.4, 0.5) is 17.2 Å². The van der Waals surface area contributed by atoms with Gasteiger partial charge >= 0.3 is 10.1 Å². The van der Waals surface area contributed by atoms with Gasteiger partial charge in [0.1, 0.15) is 10.9 Å². The van der Waals surface area contributed by atoms with E-state index in [0.717, 1.165) is 36.0 Å². The minimum absolute atomic E-state index is 0.0471. The lowest BCUT2D eigenvalue weighted by Gasteiger charge is -2.23. The summed E-state index contributed by atoms with van der Waals surface area (Å²) in [5, 5.41) is 22.5. The molecule has 1 unspecified atom stereocenters. The third-order valence-electron chi connectivity index (χ3n) is 6.71. The fraction of sp³-hybridized carbons (Fsp3) is 0.259. The van der Waals surface area contributed by atoms with Gasteiger partial charge in [0.15, 0.2) is 5.82 Å². The van der Waals surface area contributed by atoms with Crippen LogP contribution in [0.5, 0.6) is 0 Å². The van der Waals surface area contributed by atoms with Crippen molar-refractivity contribution < 1.29 is 27.1 Å². The average Bonchev–Trinajstić information content (AvgIpc) is 3.71. The number of carbonyl (C=O) groups is 2. The van der Waals surface area contributed by atoms with E-state index in [2.05, 4.69) is 20.7 Å². The van der Waals surface area contributed by atoms with E-state index < -0.39 is 43.5 Å². The second-order valence-corrected chi connectivity index (χ2v) is 12.3. The van der Waals surface area contributed by atoms with Gasteiger partial charge in [0.2, 0.25) is 11.8 Å². The van der Waals surface area contributed by atoms with Gasteiger partial charge in [-0.2, -0.15) is 8.42 Å². The molecule has 0 saturated heterocycles. The molecule has 2 heterocycles. The van der Waals surface area contributed by atoms with Crippen LogP contribution in [-0.4, -0.2) is 48.6 Å². The fourth-order valence-corrected chi connectivity index (χ4v) is 5.80. The summed E-state index contributed by atoms with van der Waals surface area (Å²) >= 11 is 12.6. The molecule has 16 heteroatoms. The minimum Gasteiger partial charge on any atom is -0.361 e. The second kappa shape index (κ2) is 12.1. The Hall–Kier alpha value is -4.27. The van der Waals surface area contributed by atoms with Crippen LogP contribution in [0.1, 0.15) is 35.2 Å². The van der Waals surface area contributed by atoms with E-state index in [1.54, 1.807) is 19.1 Å². The molecule has 1 fully saturated rings. The van der Waals surface area contributed by atoms with E-state index in [1.165, 1.54) is 24.4 Å². The molecule has 2 N–H and O–H groups in total. The molecule has 43 heavy (non-hydrogen) atoms. The van der Waals surface area contributed by atoms with Crippen LogP contribution in [0.3, 0.4) is 0 Å². The smallest absolute Gasteiger partial charge is 0.340 e. The number of anilines is 2. The van der Waals surface area contributed by atoms with E-state index in [-0.39, 0.29) is 34.4 Å². The zero-order valence-electron chi connectivity index (χ0n) is 22.5. The van der Waals surface area contributed by atoms with Crippen LogP contribution >= 0.6 is 23.2 Å². The number of nitrogens with zero attached hydrogens (tertiary/aromatic N) is 4. The lowest BCUT2D eigenvalue weighted by Crippen LogP contribution is -2.40. The van der Waals surface area contributed by atoms with Crippen molar-refractivity contribution in [1.29, 1.82) is 0 Å². The number of aromatic nitrogens is 1. The first-order chi connectivity index (χ1) is 20.4. The van der Waals surface area contributed by atoms with Crippen molar-refractivity contribution in [2.24, 2.45) is 11.0 Å². The molecule has 1 aliphatic heterocycles.